The summed E-state index contributed by atoms with van der Waals surface area (Å²) in [6, 6.07) is 13.9. The van der Waals surface area contributed by atoms with Crippen molar-refractivity contribution >= 4 is 17.4 Å². The summed E-state index contributed by atoms with van der Waals surface area (Å²) >= 11 is 6.05. The number of ether oxygens (including phenoxy) is 1. The lowest BCUT2D eigenvalue weighted by Gasteiger charge is -2.26. The number of nitrogens with zero attached hydrogens (tertiary/aromatic N) is 1. The van der Waals surface area contributed by atoms with Gasteiger partial charge in [-0.1, -0.05) is 56.1 Å². The molecule has 0 aromatic heterocycles. The van der Waals surface area contributed by atoms with Gasteiger partial charge in [0.05, 0.1) is 11.6 Å². The quantitative estimate of drug-likeness (QED) is 0.349. The van der Waals surface area contributed by atoms with Crippen molar-refractivity contribution in [2.45, 2.75) is 59.3 Å². The second-order valence-corrected chi connectivity index (χ2v) is 8.19. The number of ketones is 1. The molecule has 164 valence electrons. The van der Waals surface area contributed by atoms with Gasteiger partial charge in [-0.25, -0.2) is 0 Å². The molecule has 0 aliphatic carbocycles. The number of aryl methyl sites for hydroxylation is 2. The van der Waals surface area contributed by atoms with Gasteiger partial charge in [-0.2, -0.15) is 0 Å². The zero-order valence-corrected chi connectivity index (χ0v) is 19.5. The number of halogens is 1. The van der Waals surface area contributed by atoms with Crippen LogP contribution in [0.25, 0.3) is 0 Å². The molecule has 0 atom stereocenters. The van der Waals surface area contributed by atoms with Crippen molar-refractivity contribution in [2.75, 3.05) is 26.2 Å². The highest BCUT2D eigenvalue weighted by Gasteiger charge is 2.10. The Labute approximate surface area is 187 Å². The molecule has 0 N–H and O–H groups in total. The van der Waals surface area contributed by atoms with Gasteiger partial charge < -0.3 is 9.64 Å². The molecule has 0 spiro atoms. The molecule has 1 heterocycles. The van der Waals surface area contributed by atoms with Gasteiger partial charge in [-0.05, 0) is 81.4 Å². The Hall–Kier alpha value is -1.84. The Morgan fingerprint density at radius 3 is 2.17 bits per heavy atom. The monoisotopic (exact) mass is 429 g/mol. The van der Waals surface area contributed by atoms with Crippen molar-refractivity contribution in [3.05, 3.63) is 64.2 Å². The van der Waals surface area contributed by atoms with Gasteiger partial charge in [-0.3, -0.25) is 4.79 Å². The van der Waals surface area contributed by atoms with Crippen LogP contribution in [0.1, 0.15) is 67.9 Å². The van der Waals surface area contributed by atoms with Gasteiger partial charge in [0.1, 0.15) is 5.75 Å². The Morgan fingerprint density at radius 1 is 1.00 bits per heavy atom. The largest absolute Gasteiger partial charge is 0.493 e. The number of likely N-dealkylation sites (tertiary alicyclic amines) is 1. The van der Waals surface area contributed by atoms with E-state index in [0.717, 1.165) is 31.6 Å². The first kappa shape index (κ1) is 24.4. The molecule has 0 saturated carbocycles. The molecule has 1 fully saturated rings. The lowest BCUT2D eigenvalue weighted by Crippen LogP contribution is -2.31. The van der Waals surface area contributed by atoms with Crippen molar-refractivity contribution in [2.24, 2.45) is 0 Å². The predicted molar refractivity (Wildman–Crippen MR) is 127 cm³/mol. The SMILES string of the molecule is CC(=O)c1ccc(OCCCN2CCCCC2)cc1Cl.CCc1ccccc1CC. The van der Waals surface area contributed by atoms with Gasteiger partial charge in [0.2, 0.25) is 0 Å². The summed E-state index contributed by atoms with van der Waals surface area (Å²) in [5.74, 6) is 0.713. The molecule has 0 bridgehead atoms. The number of carbonyl (C=O) groups is 1. The highest BCUT2D eigenvalue weighted by molar-refractivity contribution is 6.34. The average Bonchev–Trinajstić information content (AvgIpc) is 2.77. The summed E-state index contributed by atoms with van der Waals surface area (Å²) in [6.07, 6.45) is 7.35. The van der Waals surface area contributed by atoms with E-state index >= 15 is 0 Å². The molecule has 30 heavy (non-hydrogen) atoms. The van der Waals surface area contributed by atoms with Crippen molar-refractivity contribution in [3.8, 4) is 5.75 Å². The third kappa shape index (κ3) is 8.12. The number of hydrogen-bond donors (Lipinski definition) is 0. The smallest absolute Gasteiger partial charge is 0.161 e. The van der Waals surface area contributed by atoms with Crippen molar-refractivity contribution in [1.82, 2.24) is 4.90 Å². The first-order valence-electron chi connectivity index (χ1n) is 11.3. The minimum atomic E-state index is -0.0216. The summed E-state index contributed by atoms with van der Waals surface area (Å²) in [5.41, 5.74) is 3.53. The van der Waals surface area contributed by atoms with E-state index in [-0.39, 0.29) is 5.78 Å². The molecule has 3 nitrogen and oxygen atoms in total. The molecular formula is C26H36ClNO2. The maximum Gasteiger partial charge on any atom is 0.161 e. The van der Waals surface area contributed by atoms with Crippen LogP contribution in [0.3, 0.4) is 0 Å². The number of piperidine rings is 1. The fourth-order valence-electron chi connectivity index (χ4n) is 3.78. The molecule has 0 radical (unpaired) electrons. The van der Waals surface area contributed by atoms with Crippen LogP contribution in [-0.4, -0.2) is 36.9 Å². The van der Waals surface area contributed by atoms with E-state index in [1.54, 1.807) is 12.1 Å². The van der Waals surface area contributed by atoms with E-state index in [2.05, 4.69) is 43.0 Å². The second kappa shape index (κ2) is 13.5. The Balaban J connectivity index is 0.000000269. The third-order valence-electron chi connectivity index (χ3n) is 5.54. The third-order valence-corrected chi connectivity index (χ3v) is 5.85. The first-order valence-corrected chi connectivity index (χ1v) is 11.6. The van der Waals surface area contributed by atoms with Gasteiger partial charge in [0, 0.05) is 12.1 Å². The lowest BCUT2D eigenvalue weighted by molar-refractivity contribution is 0.101. The van der Waals surface area contributed by atoms with Crippen LogP contribution in [0, 0.1) is 0 Å². The maximum atomic E-state index is 11.3. The highest BCUT2D eigenvalue weighted by atomic mass is 35.5. The van der Waals surface area contributed by atoms with Crippen LogP contribution >= 0.6 is 11.6 Å². The van der Waals surface area contributed by atoms with Crippen LogP contribution in [0.15, 0.2) is 42.5 Å². The summed E-state index contributed by atoms with van der Waals surface area (Å²) in [4.78, 5) is 13.8. The second-order valence-electron chi connectivity index (χ2n) is 7.78. The molecule has 2 aromatic rings. The van der Waals surface area contributed by atoms with Gasteiger partial charge >= 0.3 is 0 Å². The van der Waals surface area contributed by atoms with Crippen LogP contribution < -0.4 is 4.74 Å². The van der Waals surface area contributed by atoms with Gasteiger partial charge in [0.15, 0.2) is 5.78 Å². The Bertz CT molecular complexity index is 761. The van der Waals surface area contributed by atoms with E-state index in [4.69, 9.17) is 16.3 Å². The Kier molecular flexibility index (Phi) is 11.0. The summed E-state index contributed by atoms with van der Waals surface area (Å²) in [7, 11) is 0. The molecule has 1 aliphatic rings. The molecule has 0 amide bonds. The number of carbonyl (C=O) groups excluding carboxylic acids is 1. The van der Waals surface area contributed by atoms with E-state index in [1.807, 2.05) is 6.07 Å². The van der Waals surface area contributed by atoms with Crippen LogP contribution in [-0.2, 0) is 12.8 Å². The summed E-state index contributed by atoms with van der Waals surface area (Å²) in [5, 5.41) is 0.464. The number of Topliss-reactive ketones (excluding diaryl/α,β-unsaturated/α-hetero) is 1. The normalized spacial score (nSPS) is 14.0. The predicted octanol–water partition coefficient (Wildman–Crippen LogP) is 6.61. The van der Waals surface area contributed by atoms with E-state index in [1.165, 1.54) is 50.4 Å². The molecule has 2 aromatic carbocycles. The molecule has 3 rings (SSSR count). The topological polar surface area (TPSA) is 29.5 Å². The van der Waals surface area contributed by atoms with Crippen LogP contribution in [0.5, 0.6) is 5.75 Å². The Morgan fingerprint density at radius 2 is 1.63 bits per heavy atom. The van der Waals surface area contributed by atoms with E-state index in [0.29, 0.717) is 17.2 Å². The van der Waals surface area contributed by atoms with E-state index in [9.17, 15) is 4.79 Å². The maximum absolute atomic E-state index is 11.3. The van der Waals surface area contributed by atoms with E-state index < -0.39 is 0 Å². The summed E-state index contributed by atoms with van der Waals surface area (Å²) < 4.78 is 5.69. The van der Waals surface area contributed by atoms with Crippen LogP contribution in [0.2, 0.25) is 5.02 Å². The van der Waals surface area contributed by atoms with Crippen molar-refractivity contribution in [3.63, 3.8) is 0 Å². The number of rotatable bonds is 8. The molecule has 1 aliphatic heterocycles. The zero-order chi connectivity index (χ0) is 21.8. The minimum Gasteiger partial charge on any atom is -0.493 e. The number of benzene rings is 2. The molecule has 4 heteroatoms. The molecule has 1 saturated heterocycles. The summed E-state index contributed by atoms with van der Waals surface area (Å²) in [6.45, 7) is 10.1. The average molecular weight is 430 g/mol. The van der Waals surface area contributed by atoms with Crippen molar-refractivity contribution < 1.29 is 9.53 Å². The number of hydrogen-bond acceptors (Lipinski definition) is 3. The van der Waals surface area contributed by atoms with Gasteiger partial charge in [0.25, 0.3) is 0 Å². The molecular weight excluding hydrogens is 394 g/mol. The van der Waals surface area contributed by atoms with Gasteiger partial charge in [-0.15, -0.1) is 0 Å². The molecule has 0 unspecified atom stereocenters. The van der Waals surface area contributed by atoms with Crippen LogP contribution in [0.4, 0.5) is 0 Å². The highest BCUT2D eigenvalue weighted by Crippen LogP contribution is 2.23. The van der Waals surface area contributed by atoms with Crippen molar-refractivity contribution in [1.29, 1.82) is 0 Å². The standard InChI is InChI=1S/C16H22ClNO2.C10H14/c1-13(19)15-7-6-14(12-16(15)17)20-11-5-10-18-8-3-2-4-9-18;1-3-9-7-5-6-8-10(9)4-2/h6-7,12H,2-5,8-11H2,1H3;5-8H,3-4H2,1-2H3. The lowest BCUT2D eigenvalue weighted by atomic mass is 10.0. The fourth-order valence-corrected chi connectivity index (χ4v) is 4.08. The minimum absolute atomic E-state index is 0.0216. The fraction of sp³-hybridized carbons (Fsp3) is 0.500. The zero-order valence-electron chi connectivity index (χ0n) is 18.8. The first-order chi connectivity index (χ1) is 14.5.